The molecule has 1 saturated carbocycles. The summed E-state index contributed by atoms with van der Waals surface area (Å²) >= 11 is 0. The van der Waals surface area contributed by atoms with Crippen molar-refractivity contribution < 1.29 is 4.79 Å². The molecular weight excluding hydrogens is 218 g/mol. The highest BCUT2D eigenvalue weighted by Crippen LogP contribution is 2.32. The van der Waals surface area contributed by atoms with Crippen molar-refractivity contribution in [3.8, 4) is 0 Å². The van der Waals surface area contributed by atoms with Gasteiger partial charge in [-0.05, 0) is 26.9 Å². The Morgan fingerprint density at radius 2 is 2.18 bits per heavy atom. The van der Waals surface area contributed by atoms with Crippen molar-refractivity contribution in [2.75, 3.05) is 26.0 Å². The first kappa shape index (κ1) is 12.0. The van der Waals surface area contributed by atoms with Crippen molar-refractivity contribution in [2.24, 2.45) is 0 Å². The van der Waals surface area contributed by atoms with Crippen molar-refractivity contribution >= 4 is 11.9 Å². The lowest BCUT2D eigenvalue weighted by molar-refractivity contribution is -0.116. The highest BCUT2D eigenvalue weighted by atomic mass is 16.2. The second-order valence-corrected chi connectivity index (χ2v) is 4.81. The summed E-state index contributed by atoms with van der Waals surface area (Å²) in [6.45, 7) is 0.341. The number of nitrogens with zero attached hydrogens (tertiary/aromatic N) is 3. The summed E-state index contributed by atoms with van der Waals surface area (Å²) < 4.78 is 0. The molecule has 1 aromatic heterocycles. The normalized spacial score (nSPS) is 16.6. The lowest BCUT2D eigenvalue weighted by atomic mass is 10.1. The molecule has 2 N–H and O–H groups in total. The highest BCUT2D eigenvalue weighted by molar-refractivity contribution is 5.90. The molecule has 2 rings (SSSR count). The number of hydrogen-bond donors (Lipinski definition) is 2. The van der Waals surface area contributed by atoms with Gasteiger partial charge in [-0.25, -0.2) is 0 Å². The Kier molecular flexibility index (Phi) is 3.73. The topological polar surface area (TPSA) is 73.9 Å². The highest BCUT2D eigenvalue weighted by Gasteiger charge is 2.20. The van der Waals surface area contributed by atoms with Gasteiger partial charge in [0.1, 0.15) is 5.82 Å². The van der Waals surface area contributed by atoms with Crippen LogP contribution in [0.3, 0.4) is 0 Å². The fourth-order valence-corrected chi connectivity index (χ4v) is 2.16. The fraction of sp³-hybridized carbons (Fsp3) is 0.727. The van der Waals surface area contributed by atoms with Crippen LogP contribution >= 0.6 is 0 Å². The number of carbonyl (C=O) groups is 1. The molecule has 0 saturated heterocycles. The first-order chi connectivity index (χ1) is 8.15. The molecule has 6 heteroatoms. The molecule has 0 atom stereocenters. The summed E-state index contributed by atoms with van der Waals surface area (Å²) in [7, 11) is 3.70. The van der Waals surface area contributed by atoms with E-state index < -0.39 is 0 Å². The van der Waals surface area contributed by atoms with Gasteiger partial charge in [0, 0.05) is 5.92 Å². The van der Waals surface area contributed by atoms with E-state index in [1.165, 1.54) is 25.7 Å². The predicted octanol–water partition coefficient (Wildman–Crippen LogP) is 0.962. The minimum atomic E-state index is -0.0908. The van der Waals surface area contributed by atoms with Crippen molar-refractivity contribution in [3.63, 3.8) is 0 Å². The number of likely N-dealkylation sites (N-methyl/N-ethyl adjacent to an activating group) is 1. The van der Waals surface area contributed by atoms with Crippen LogP contribution in [-0.4, -0.2) is 46.6 Å². The smallest absolute Gasteiger partial charge is 0.248 e. The van der Waals surface area contributed by atoms with Crippen LogP contribution in [0.15, 0.2) is 0 Å². The lowest BCUT2D eigenvalue weighted by Gasteiger charge is -2.07. The number of hydrogen-bond acceptors (Lipinski definition) is 4. The van der Waals surface area contributed by atoms with Crippen molar-refractivity contribution in [3.05, 3.63) is 5.82 Å². The van der Waals surface area contributed by atoms with Crippen LogP contribution in [0.25, 0.3) is 0 Å². The summed E-state index contributed by atoms with van der Waals surface area (Å²) in [5.41, 5.74) is 0. The second kappa shape index (κ2) is 5.27. The van der Waals surface area contributed by atoms with Gasteiger partial charge < -0.3 is 4.90 Å². The van der Waals surface area contributed by atoms with Crippen LogP contribution in [0.1, 0.15) is 37.4 Å². The monoisotopic (exact) mass is 237 g/mol. The molecule has 0 spiro atoms. The minimum absolute atomic E-state index is 0.0908. The number of aromatic amines is 1. The third kappa shape index (κ3) is 3.26. The number of anilines is 1. The van der Waals surface area contributed by atoms with Crippen LogP contribution in [0, 0.1) is 0 Å². The van der Waals surface area contributed by atoms with Gasteiger partial charge in [0.25, 0.3) is 0 Å². The van der Waals surface area contributed by atoms with Crippen molar-refractivity contribution in [2.45, 2.75) is 31.6 Å². The van der Waals surface area contributed by atoms with E-state index in [0.717, 1.165) is 5.82 Å². The average molecular weight is 237 g/mol. The van der Waals surface area contributed by atoms with Crippen LogP contribution < -0.4 is 5.32 Å². The molecule has 17 heavy (non-hydrogen) atoms. The number of aromatic nitrogens is 3. The summed E-state index contributed by atoms with van der Waals surface area (Å²) in [6.07, 6.45) is 4.85. The van der Waals surface area contributed by atoms with E-state index in [1.807, 2.05) is 14.1 Å². The number of nitrogens with one attached hydrogen (secondary N) is 2. The quantitative estimate of drug-likeness (QED) is 0.818. The SMILES string of the molecule is CN(C)CC(=O)Nc1n[nH]c(C2CCCC2)n1. The zero-order valence-electron chi connectivity index (χ0n) is 10.4. The molecule has 94 valence electrons. The van der Waals surface area contributed by atoms with Gasteiger partial charge in [-0.15, -0.1) is 5.10 Å². The zero-order valence-corrected chi connectivity index (χ0v) is 10.4. The molecule has 0 radical (unpaired) electrons. The summed E-state index contributed by atoms with van der Waals surface area (Å²) in [6, 6.07) is 0. The van der Waals surface area contributed by atoms with Crippen molar-refractivity contribution in [1.82, 2.24) is 20.1 Å². The van der Waals surface area contributed by atoms with Gasteiger partial charge in [0.05, 0.1) is 6.54 Å². The van der Waals surface area contributed by atoms with E-state index in [1.54, 1.807) is 4.90 Å². The van der Waals surface area contributed by atoms with Crippen LogP contribution in [-0.2, 0) is 4.79 Å². The standard InChI is InChI=1S/C11H19N5O/c1-16(2)7-9(17)12-11-13-10(14-15-11)8-5-3-4-6-8/h8H,3-7H2,1-2H3,(H2,12,13,14,15,17). The summed E-state index contributed by atoms with van der Waals surface area (Å²) in [5.74, 6) is 1.69. The Labute approximate surface area is 101 Å². The summed E-state index contributed by atoms with van der Waals surface area (Å²) in [4.78, 5) is 17.6. The molecule has 6 nitrogen and oxygen atoms in total. The van der Waals surface area contributed by atoms with Crippen LogP contribution in [0.2, 0.25) is 0 Å². The van der Waals surface area contributed by atoms with Gasteiger partial charge >= 0.3 is 0 Å². The molecular formula is C11H19N5O. The molecule has 1 heterocycles. The van der Waals surface area contributed by atoms with E-state index in [4.69, 9.17) is 0 Å². The van der Waals surface area contributed by atoms with Crippen LogP contribution in [0.4, 0.5) is 5.95 Å². The Hall–Kier alpha value is -1.43. The molecule has 1 aromatic rings. The number of rotatable bonds is 4. The number of H-pyrrole nitrogens is 1. The van der Waals surface area contributed by atoms with Gasteiger partial charge in [-0.2, -0.15) is 4.98 Å². The Morgan fingerprint density at radius 1 is 1.47 bits per heavy atom. The van der Waals surface area contributed by atoms with Crippen molar-refractivity contribution in [1.29, 1.82) is 0 Å². The molecule has 1 fully saturated rings. The average Bonchev–Trinajstić information content (AvgIpc) is 2.84. The maximum Gasteiger partial charge on any atom is 0.248 e. The number of carbonyl (C=O) groups excluding carboxylic acids is 1. The first-order valence-corrected chi connectivity index (χ1v) is 6.02. The minimum Gasteiger partial charge on any atom is -0.301 e. The third-order valence-electron chi connectivity index (χ3n) is 2.96. The maximum atomic E-state index is 11.5. The first-order valence-electron chi connectivity index (χ1n) is 6.02. The van der Waals surface area contributed by atoms with Crippen LogP contribution in [0.5, 0.6) is 0 Å². The third-order valence-corrected chi connectivity index (χ3v) is 2.96. The Morgan fingerprint density at radius 3 is 2.82 bits per heavy atom. The van der Waals surface area contributed by atoms with Gasteiger partial charge in [0.15, 0.2) is 0 Å². The van der Waals surface area contributed by atoms with E-state index in [2.05, 4.69) is 20.5 Å². The molecule has 1 aliphatic rings. The zero-order chi connectivity index (χ0) is 12.3. The van der Waals surface area contributed by atoms with Gasteiger partial charge in [-0.1, -0.05) is 12.8 Å². The Balaban J connectivity index is 1.91. The maximum absolute atomic E-state index is 11.5. The second-order valence-electron chi connectivity index (χ2n) is 4.81. The molecule has 0 bridgehead atoms. The van der Waals surface area contributed by atoms with Gasteiger partial charge in [0.2, 0.25) is 11.9 Å². The van der Waals surface area contributed by atoms with E-state index in [0.29, 0.717) is 18.4 Å². The summed E-state index contributed by atoms with van der Waals surface area (Å²) in [5, 5.41) is 9.62. The molecule has 1 aliphatic carbocycles. The van der Waals surface area contributed by atoms with E-state index in [-0.39, 0.29) is 5.91 Å². The van der Waals surface area contributed by atoms with E-state index in [9.17, 15) is 4.79 Å². The molecule has 0 unspecified atom stereocenters. The van der Waals surface area contributed by atoms with E-state index >= 15 is 0 Å². The Bertz CT molecular complexity index is 381. The largest absolute Gasteiger partial charge is 0.301 e. The number of amides is 1. The molecule has 0 aliphatic heterocycles. The molecule has 1 amide bonds. The fourth-order valence-electron chi connectivity index (χ4n) is 2.16. The predicted molar refractivity (Wildman–Crippen MR) is 64.8 cm³/mol. The van der Waals surface area contributed by atoms with Gasteiger partial charge in [-0.3, -0.25) is 15.2 Å². The molecule has 0 aromatic carbocycles. The lowest BCUT2D eigenvalue weighted by Crippen LogP contribution is -2.27.